The lowest BCUT2D eigenvalue weighted by molar-refractivity contribution is -0.149. The molecule has 0 aliphatic carbocycles. The molecular formula is C25H29NO4. The van der Waals surface area contributed by atoms with E-state index in [2.05, 4.69) is 6.92 Å². The first-order chi connectivity index (χ1) is 14.6. The van der Waals surface area contributed by atoms with Crippen LogP contribution in [-0.2, 0) is 14.3 Å². The van der Waals surface area contributed by atoms with Crippen molar-refractivity contribution < 1.29 is 19.1 Å². The Balaban J connectivity index is 1.77. The molecule has 158 valence electrons. The van der Waals surface area contributed by atoms with Gasteiger partial charge in [0.05, 0.1) is 12.7 Å². The van der Waals surface area contributed by atoms with Gasteiger partial charge in [0.15, 0.2) is 6.61 Å². The van der Waals surface area contributed by atoms with Gasteiger partial charge in [-0.3, -0.25) is 4.79 Å². The van der Waals surface area contributed by atoms with Gasteiger partial charge in [0.1, 0.15) is 5.75 Å². The number of hydrogen-bond donors (Lipinski definition) is 0. The van der Waals surface area contributed by atoms with Crippen LogP contribution in [-0.4, -0.2) is 43.1 Å². The molecule has 2 aromatic carbocycles. The van der Waals surface area contributed by atoms with Gasteiger partial charge in [-0.2, -0.15) is 0 Å². The Morgan fingerprint density at radius 2 is 1.90 bits per heavy atom. The zero-order chi connectivity index (χ0) is 21.3. The lowest BCUT2D eigenvalue weighted by Crippen LogP contribution is -2.45. The Morgan fingerprint density at radius 3 is 2.63 bits per heavy atom. The van der Waals surface area contributed by atoms with Crippen molar-refractivity contribution in [3.8, 4) is 5.75 Å². The van der Waals surface area contributed by atoms with E-state index in [1.54, 1.807) is 13.2 Å². The molecule has 1 fully saturated rings. The smallest absolute Gasteiger partial charge is 0.339 e. The van der Waals surface area contributed by atoms with Crippen molar-refractivity contribution in [2.24, 2.45) is 0 Å². The summed E-state index contributed by atoms with van der Waals surface area (Å²) in [5.41, 5.74) is 1.96. The summed E-state index contributed by atoms with van der Waals surface area (Å²) in [5.74, 6) is 0.0709. The maximum atomic E-state index is 12.9. The molecule has 1 heterocycles. The summed E-state index contributed by atoms with van der Waals surface area (Å²) in [4.78, 5) is 27.5. The third-order valence-electron chi connectivity index (χ3n) is 5.45. The standard InChI is InChI=1S/C25H29NO4/c1-3-21-13-7-8-15-26(21)24(27)18-30-25(28)23(20-11-5-4-6-12-20)17-19-10-9-14-22(16-19)29-2/h4-6,9-12,14,16-17,21H,3,7-8,13,15,18H2,1-2H3/b23-17-/t21-/m1/s1. The highest BCUT2D eigenvalue weighted by atomic mass is 16.5. The maximum Gasteiger partial charge on any atom is 0.339 e. The third-order valence-corrected chi connectivity index (χ3v) is 5.45. The Morgan fingerprint density at radius 1 is 1.10 bits per heavy atom. The lowest BCUT2D eigenvalue weighted by atomic mass is 10.00. The van der Waals surface area contributed by atoms with E-state index in [0.717, 1.165) is 43.4 Å². The van der Waals surface area contributed by atoms with E-state index in [0.29, 0.717) is 11.3 Å². The molecule has 1 saturated heterocycles. The van der Waals surface area contributed by atoms with Crippen molar-refractivity contribution >= 4 is 23.5 Å². The topological polar surface area (TPSA) is 55.8 Å². The molecule has 0 spiro atoms. The second-order valence-corrected chi connectivity index (χ2v) is 7.42. The van der Waals surface area contributed by atoms with Gasteiger partial charge in [0, 0.05) is 12.6 Å². The first-order valence-corrected chi connectivity index (χ1v) is 10.5. The number of piperidine rings is 1. The second-order valence-electron chi connectivity index (χ2n) is 7.42. The van der Waals surface area contributed by atoms with Crippen LogP contribution >= 0.6 is 0 Å². The molecule has 5 nitrogen and oxygen atoms in total. The molecule has 30 heavy (non-hydrogen) atoms. The molecule has 0 saturated carbocycles. The molecule has 2 aromatic rings. The van der Waals surface area contributed by atoms with Crippen molar-refractivity contribution in [1.29, 1.82) is 0 Å². The van der Waals surface area contributed by atoms with Gasteiger partial charge in [-0.05, 0) is 55.0 Å². The Kier molecular flexibility index (Phi) is 7.66. The predicted octanol–water partition coefficient (Wildman–Crippen LogP) is 4.57. The fourth-order valence-corrected chi connectivity index (χ4v) is 3.82. The predicted molar refractivity (Wildman–Crippen MR) is 118 cm³/mol. The van der Waals surface area contributed by atoms with Crippen LogP contribution in [0.2, 0.25) is 0 Å². The number of likely N-dealkylation sites (tertiary alicyclic amines) is 1. The van der Waals surface area contributed by atoms with Gasteiger partial charge in [0.2, 0.25) is 0 Å². The highest BCUT2D eigenvalue weighted by Gasteiger charge is 2.26. The minimum atomic E-state index is -0.512. The molecule has 1 aliphatic rings. The number of nitrogens with zero attached hydrogens (tertiary/aromatic N) is 1. The van der Waals surface area contributed by atoms with Crippen LogP contribution in [0.3, 0.4) is 0 Å². The van der Waals surface area contributed by atoms with Crippen LogP contribution in [0.1, 0.15) is 43.7 Å². The number of methoxy groups -OCH3 is 1. The average Bonchev–Trinajstić information content (AvgIpc) is 2.81. The SMILES string of the molecule is CC[C@@H]1CCCCN1C(=O)COC(=O)/C(=C\c1cccc(OC)c1)c1ccccc1. The fraction of sp³-hybridized carbons (Fsp3) is 0.360. The summed E-state index contributed by atoms with van der Waals surface area (Å²) in [6.07, 6.45) is 5.84. The molecule has 0 aromatic heterocycles. The maximum absolute atomic E-state index is 12.9. The van der Waals surface area contributed by atoms with E-state index >= 15 is 0 Å². The van der Waals surface area contributed by atoms with Gasteiger partial charge in [0.25, 0.3) is 5.91 Å². The van der Waals surface area contributed by atoms with E-state index in [1.807, 2.05) is 59.5 Å². The quantitative estimate of drug-likeness (QED) is 0.383. The summed E-state index contributed by atoms with van der Waals surface area (Å²) in [6, 6.07) is 17.0. The second kappa shape index (κ2) is 10.6. The third kappa shape index (κ3) is 5.50. The van der Waals surface area contributed by atoms with Crippen molar-refractivity contribution in [3.05, 3.63) is 65.7 Å². The van der Waals surface area contributed by atoms with Gasteiger partial charge in [-0.25, -0.2) is 4.79 Å². The minimum Gasteiger partial charge on any atom is -0.497 e. The number of esters is 1. The summed E-state index contributed by atoms with van der Waals surface area (Å²) < 4.78 is 10.7. The van der Waals surface area contributed by atoms with Crippen LogP contribution in [0.25, 0.3) is 11.6 Å². The number of hydrogen-bond acceptors (Lipinski definition) is 4. The molecule has 1 atom stereocenters. The highest BCUT2D eigenvalue weighted by Crippen LogP contribution is 2.23. The van der Waals surface area contributed by atoms with Crippen LogP contribution in [0.5, 0.6) is 5.75 Å². The molecule has 3 rings (SSSR count). The van der Waals surface area contributed by atoms with Gasteiger partial charge in [-0.1, -0.05) is 49.4 Å². The van der Waals surface area contributed by atoms with Crippen LogP contribution in [0.4, 0.5) is 0 Å². The number of carbonyl (C=O) groups is 2. The first kappa shape index (κ1) is 21.6. The Bertz CT molecular complexity index is 891. The van der Waals surface area contributed by atoms with Crippen molar-refractivity contribution in [2.45, 2.75) is 38.6 Å². The normalized spacial score (nSPS) is 16.8. The van der Waals surface area contributed by atoms with E-state index in [4.69, 9.17) is 9.47 Å². The van der Waals surface area contributed by atoms with E-state index in [1.165, 1.54) is 0 Å². The molecule has 0 N–H and O–H groups in total. The molecule has 0 unspecified atom stereocenters. The number of rotatable bonds is 7. The Hall–Kier alpha value is -3.08. The van der Waals surface area contributed by atoms with E-state index < -0.39 is 5.97 Å². The van der Waals surface area contributed by atoms with Crippen molar-refractivity contribution in [3.63, 3.8) is 0 Å². The number of ether oxygens (including phenoxy) is 2. The largest absolute Gasteiger partial charge is 0.497 e. The minimum absolute atomic E-state index is 0.122. The molecule has 1 amide bonds. The zero-order valence-corrected chi connectivity index (χ0v) is 17.7. The lowest BCUT2D eigenvalue weighted by Gasteiger charge is -2.35. The summed E-state index contributed by atoms with van der Waals surface area (Å²) in [7, 11) is 1.60. The molecule has 5 heteroatoms. The molecule has 0 bridgehead atoms. The highest BCUT2D eigenvalue weighted by molar-refractivity contribution is 6.21. The summed E-state index contributed by atoms with van der Waals surface area (Å²) in [5, 5.41) is 0. The van der Waals surface area contributed by atoms with Gasteiger partial charge >= 0.3 is 5.97 Å². The van der Waals surface area contributed by atoms with Crippen molar-refractivity contribution in [2.75, 3.05) is 20.3 Å². The Labute approximate surface area is 178 Å². The van der Waals surface area contributed by atoms with E-state index in [9.17, 15) is 9.59 Å². The average molecular weight is 408 g/mol. The zero-order valence-electron chi connectivity index (χ0n) is 17.7. The number of amides is 1. The van der Waals surface area contributed by atoms with E-state index in [-0.39, 0.29) is 18.6 Å². The monoisotopic (exact) mass is 407 g/mol. The van der Waals surface area contributed by atoms with Crippen LogP contribution < -0.4 is 4.74 Å². The first-order valence-electron chi connectivity index (χ1n) is 10.5. The van der Waals surface area contributed by atoms with Crippen LogP contribution in [0.15, 0.2) is 54.6 Å². The van der Waals surface area contributed by atoms with Gasteiger partial charge in [-0.15, -0.1) is 0 Å². The fourth-order valence-electron chi connectivity index (χ4n) is 3.82. The molecule has 1 aliphatic heterocycles. The molecular weight excluding hydrogens is 378 g/mol. The van der Waals surface area contributed by atoms with Crippen LogP contribution in [0, 0.1) is 0 Å². The number of carbonyl (C=O) groups excluding carboxylic acids is 2. The summed E-state index contributed by atoms with van der Waals surface area (Å²) >= 11 is 0. The van der Waals surface area contributed by atoms with Gasteiger partial charge < -0.3 is 14.4 Å². The molecule has 0 radical (unpaired) electrons. The van der Waals surface area contributed by atoms with Crippen molar-refractivity contribution in [1.82, 2.24) is 4.90 Å². The summed E-state index contributed by atoms with van der Waals surface area (Å²) in [6.45, 7) is 2.59. The number of benzene rings is 2.